The zero-order chi connectivity index (χ0) is 18.9. The van der Waals surface area contributed by atoms with E-state index in [0.29, 0.717) is 5.92 Å². The minimum absolute atomic E-state index is 0.218. The van der Waals surface area contributed by atoms with Gasteiger partial charge in [0.05, 0.1) is 11.4 Å². The number of rotatable bonds is 4. The van der Waals surface area contributed by atoms with Crippen LogP contribution in [0.25, 0.3) is 5.69 Å². The second-order valence-corrected chi connectivity index (χ2v) is 7.84. The van der Waals surface area contributed by atoms with Crippen molar-refractivity contribution in [2.75, 3.05) is 25.0 Å². The number of nitrogens with one attached hydrogen (secondary N) is 1. The lowest BCUT2D eigenvalue weighted by Gasteiger charge is -2.32. The summed E-state index contributed by atoms with van der Waals surface area (Å²) in [6, 6.07) is 17.3. The van der Waals surface area contributed by atoms with Gasteiger partial charge in [-0.2, -0.15) is 5.10 Å². The first-order valence-electron chi connectivity index (χ1n) is 10.2. The van der Waals surface area contributed by atoms with Crippen LogP contribution < -0.4 is 5.32 Å². The predicted molar refractivity (Wildman–Crippen MR) is 109 cm³/mol. The number of piperidine rings is 1. The van der Waals surface area contributed by atoms with Crippen molar-refractivity contribution >= 4 is 5.82 Å². The van der Waals surface area contributed by atoms with Crippen molar-refractivity contribution in [3.05, 3.63) is 77.2 Å². The second kappa shape index (κ2) is 7.40. The highest BCUT2D eigenvalue weighted by Gasteiger charge is 2.30. The molecule has 3 aromatic rings. The first-order chi connectivity index (χ1) is 13.8. The normalized spacial score (nSPS) is 19.4. The standard InChI is InChI=1S/C23H25FN4/c24-19-8-10-20(11-9-19)28-23-21(12-13-25-23)22(26-28)18-7-4-14-27(16-18)15-17-5-2-1-3-6-17/h1-3,5-6,8-11,18,25H,4,7,12-16H2. The molecule has 1 atom stereocenters. The molecule has 28 heavy (non-hydrogen) atoms. The van der Waals surface area contributed by atoms with Gasteiger partial charge in [0.25, 0.3) is 0 Å². The number of likely N-dealkylation sites (tertiary alicyclic amines) is 1. The van der Waals surface area contributed by atoms with Crippen LogP contribution in [0.2, 0.25) is 0 Å². The molecule has 144 valence electrons. The quantitative estimate of drug-likeness (QED) is 0.734. The highest BCUT2D eigenvalue weighted by atomic mass is 19.1. The van der Waals surface area contributed by atoms with Crippen molar-refractivity contribution in [2.45, 2.75) is 31.7 Å². The molecule has 3 heterocycles. The Morgan fingerprint density at radius 1 is 1.07 bits per heavy atom. The minimum atomic E-state index is -0.218. The summed E-state index contributed by atoms with van der Waals surface area (Å²) in [5, 5.41) is 8.49. The van der Waals surface area contributed by atoms with Crippen LogP contribution in [0.1, 0.15) is 35.6 Å². The van der Waals surface area contributed by atoms with E-state index in [4.69, 9.17) is 5.10 Å². The van der Waals surface area contributed by atoms with E-state index >= 15 is 0 Å². The molecule has 5 heteroatoms. The number of benzene rings is 2. The molecule has 1 saturated heterocycles. The average Bonchev–Trinajstić information content (AvgIpc) is 3.33. The Labute approximate surface area is 165 Å². The SMILES string of the molecule is Fc1ccc(-n2nc(C3CCCN(Cc4ccccc4)C3)c3c2NCC3)cc1. The van der Waals surface area contributed by atoms with Crippen molar-refractivity contribution < 1.29 is 4.39 Å². The van der Waals surface area contributed by atoms with Gasteiger partial charge in [-0.3, -0.25) is 4.90 Å². The van der Waals surface area contributed by atoms with E-state index in [-0.39, 0.29) is 5.82 Å². The molecule has 1 unspecified atom stereocenters. The van der Waals surface area contributed by atoms with Gasteiger partial charge < -0.3 is 5.32 Å². The van der Waals surface area contributed by atoms with E-state index in [1.165, 1.54) is 41.8 Å². The molecule has 1 aromatic heterocycles. The van der Waals surface area contributed by atoms with E-state index in [9.17, 15) is 4.39 Å². The van der Waals surface area contributed by atoms with Crippen LogP contribution in [0.5, 0.6) is 0 Å². The molecule has 4 nitrogen and oxygen atoms in total. The first kappa shape index (κ1) is 17.4. The van der Waals surface area contributed by atoms with E-state index < -0.39 is 0 Å². The summed E-state index contributed by atoms with van der Waals surface area (Å²) < 4.78 is 15.3. The number of halogens is 1. The fraction of sp³-hybridized carbons (Fsp3) is 0.348. The van der Waals surface area contributed by atoms with Gasteiger partial charge in [0, 0.05) is 31.1 Å². The van der Waals surface area contributed by atoms with Gasteiger partial charge in [0.2, 0.25) is 0 Å². The third kappa shape index (κ3) is 3.31. The van der Waals surface area contributed by atoms with Gasteiger partial charge in [-0.15, -0.1) is 0 Å². The maximum Gasteiger partial charge on any atom is 0.133 e. The predicted octanol–water partition coefficient (Wildman–Crippen LogP) is 4.36. The molecule has 0 bridgehead atoms. The Hall–Kier alpha value is -2.66. The average molecular weight is 376 g/mol. The van der Waals surface area contributed by atoms with Gasteiger partial charge in [-0.25, -0.2) is 9.07 Å². The fourth-order valence-electron chi connectivity index (χ4n) is 4.56. The Balaban J connectivity index is 1.41. The Morgan fingerprint density at radius 2 is 1.89 bits per heavy atom. The lowest BCUT2D eigenvalue weighted by molar-refractivity contribution is 0.198. The van der Waals surface area contributed by atoms with Crippen LogP contribution in [0.4, 0.5) is 10.2 Å². The summed E-state index contributed by atoms with van der Waals surface area (Å²) in [6.45, 7) is 4.13. The van der Waals surface area contributed by atoms with Crippen molar-refractivity contribution in [1.82, 2.24) is 14.7 Å². The van der Waals surface area contributed by atoms with Crippen molar-refractivity contribution in [1.29, 1.82) is 0 Å². The molecule has 0 saturated carbocycles. The van der Waals surface area contributed by atoms with E-state index in [1.807, 2.05) is 4.68 Å². The molecule has 2 aromatic carbocycles. The highest BCUT2D eigenvalue weighted by Crippen LogP contribution is 2.36. The van der Waals surface area contributed by atoms with Crippen molar-refractivity contribution in [3.8, 4) is 5.69 Å². The second-order valence-electron chi connectivity index (χ2n) is 7.84. The fourth-order valence-corrected chi connectivity index (χ4v) is 4.56. The maximum atomic E-state index is 13.3. The van der Waals surface area contributed by atoms with Crippen molar-refractivity contribution in [2.24, 2.45) is 0 Å². The van der Waals surface area contributed by atoms with Gasteiger partial charge in [0.15, 0.2) is 0 Å². The molecular weight excluding hydrogens is 351 g/mol. The number of anilines is 1. The van der Waals surface area contributed by atoms with E-state index in [0.717, 1.165) is 44.1 Å². The summed E-state index contributed by atoms with van der Waals surface area (Å²) >= 11 is 0. The third-order valence-corrected chi connectivity index (χ3v) is 5.89. The lowest BCUT2D eigenvalue weighted by atomic mass is 9.91. The molecule has 0 amide bonds. The largest absolute Gasteiger partial charge is 0.369 e. The molecule has 0 radical (unpaired) electrons. The van der Waals surface area contributed by atoms with Crippen LogP contribution in [-0.2, 0) is 13.0 Å². The van der Waals surface area contributed by atoms with Crippen LogP contribution >= 0.6 is 0 Å². The van der Waals surface area contributed by atoms with Gasteiger partial charge in [-0.1, -0.05) is 30.3 Å². The van der Waals surface area contributed by atoms with Crippen LogP contribution in [0, 0.1) is 5.82 Å². The number of nitrogens with zero attached hydrogens (tertiary/aromatic N) is 3. The summed E-state index contributed by atoms with van der Waals surface area (Å²) in [6.07, 6.45) is 3.39. The molecule has 2 aliphatic rings. The molecule has 0 spiro atoms. The van der Waals surface area contributed by atoms with Crippen LogP contribution in [0.3, 0.4) is 0 Å². The number of hydrogen-bond donors (Lipinski definition) is 1. The first-order valence-corrected chi connectivity index (χ1v) is 10.2. The van der Waals surface area contributed by atoms with Crippen LogP contribution in [0.15, 0.2) is 54.6 Å². The van der Waals surface area contributed by atoms with Gasteiger partial charge in [0.1, 0.15) is 11.6 Å². The molecule has 1 fully saturated rings. The summed E-state index contributed by atoms with van der Waals surface area (Å²) in [4.78, 5) is 2.55. The Bertz CT molecular complexity index is 949. The number of aromatic nitrogens is 2. The monoisotopic (exact) mass is 376 g/mol. The third-order valence-electron chi connectivity index (χ3n) is 5.89. The molecular formula is C23H25FN4. The van der Waals surface area contributed by atoms with Crippen molar-refractivity contribution in [3.63, 3.8) is 0 Å². The summed E-state index contributed by atoms with van der Waals surface area (Å²) in [5.41, 5.74) is 4.85. The van der Waals surface area contributed by atoms with E-state index in [2.05, 4.69) is 40.5 Å². The molecule has 2 aliphatic heterocycles. The van der Waals surface area contributed by atoms with Gasteiger partial charge >= 0.3 is 0 Å². The van der Waals surface area contributed by atoms with Gasteiger partial charge in [-0.05, 0) is 55.6 Å². The Kier molecular flexibility index (Phi) is 4.61. The molecule has 5 rings (SSSR count). The number of fused-ring (bicyclic) bond motifs is 1. The lowest BCUT2D eigenvalue weighted by Crippen LogP contribution is -2.34. The minimum Gasteiger partial charge on any atom is -0.369 e. The maximum absolute atomic E-state index is 13.3. The Morgan fingerprint density at radius 3 is 2.71 bits per heavy atom. The molecule has 1 N–H and O–H groups in total. The highest BCUT2D eigenvalue weighted by molar-refractivity contribution is 5.57. The summed E-state index contributed by atoms with van der Waals surface area (Å²) in [5.74, 6) is 1.32. The van der Waals surface area contributed by atoms with Crippen LogP contribution in [-0.4, -0.2) is 34.3 Å². The zero-order valence-corrected chi connectivity index (χ0v) is 15.9. The number of hydrogen-bond acceptors (Lipinski definition) is 3. The zero-order valence-electron chi connectivity index (χ0n) is 15.9. The van der Waals surface area contributed by atoms with E-state index in [1.54, 1.807) is 12.1 Å². The topological polar surface area (TPSA) is 33.1 Å². The molecule has 0 aliphatic carbocycles. The summed E-state index contributed by atoms with van der Waals surface area (Å²) in [7, 11) is 0. The smallest absolute Gasteiger partial charge is 0.133 e.